The van der Waals surface area contributed by atoms with Crippen molar-refractivity contribution in [1.82, 2.24) is 4.73 Å². The molecule has 0 aliphatic heterocycles. The van der Waals surface area contributed by atoms with Crippen molar-refractivity contribution in [3.8, 4) is 16.9 Å². The minimum atomic E-state index is -0.632. The summed E-state index contributed by atoms with van der Waals surface area (Å²) in [6.45, 7) is -0.355. The number of hydrogen-bond acceptors (Lipinski definition) is 6. The first-order chi connectivity index (χ1) is 14.1. The maximum absolute atomic E-state index is 12.9. The Morgan fingerprint density at radius 3 is 2.59 bits per heavy atom. The standard InChI is InChI=1S/C22H15NO5S/c24-21(28-23-12-6-5-11-20(23)29)14-27-18-9-3-1-7-15(18)17-13-26-19-10-4-2-8-16(19)22(17)25/h1-13H,14H2. The molecule has 0 saturated carbocycles. The zero-order valence-electron chi connectivity index (χ0n) is 15.1. The molecule has 0 saturated heterocycles. The third kappa shape index (κ3) is 3.95. The van der Waals surface area contributed by atoms with Gasteiger partial charge in [0.1, 0.15) is 22.2 Å². The molecule has 0 fully saturated rings. The van der Waals surface area contributed by atoms with Gasteiger partial charge in [-0.15, -0.1) is 0 Å². The van der Waals surface area contributed by atoms with Crippen LogP contribution in [0.15, 0.2) is 88.4 Å². The number of hydrogen-bond donors (Lipinski definition) is 0. The number of fused-ring (bicyclic) bond motifs is 1. The Morgan fingerprint density at radius 1 is 0.966 bits per heavy atom. The maximum atomic E-state index is 12.9. The van der Waals surface area contributed by atoms with Crippen LogP contribution in [0, 0.1) is 4.64 Å². The highest BCUT2D eigenvalue weighted by atomic mass is 32.1. The molecule has 4 rings (SSSR count). The lowest BCUT2D eigenvalue weighted by Gasteiger charge is -2.11. The first kappa shape index (κ1) is 18.6. The third-order valence-corrected chi connectivity index (χ3v) is 4.51. The fraction of sp³-hybridized carbons (Fsp3) is 0.0455. The van der Waals surface area contributed by atoms with Crippen LogP contribution in [0.2, 0.25) is 0 Å². The molecule has 29 heavy (non-hydrogen) atoms. The molecule has 0 N–H and O–H groups in total. The number of carbonyl (C=O) groups is 1. The number of para-hydroxylation sites is 2. The lowest BCUT2D eigenvalue weighted by molar-refractivity contribution is -0.146. The summed E-state index contributed by atoms with van der Waals surface area (Å²) < 4.78 is 12.8. The van der Waals surface area contributed by atoms with Crippen molar-refractivity contribution in [3.05, 3.63) is 94.1 Å². The number of ether oxygens (including phenoxy) is 1. The summed E-state index contributed by atoms with van der Waals surface area (Å²) in [5, 5.41) is 0.470. The normalized spacial score (nSPS) is 10.6. The van der Waals surface area contributed by atoms with Crippen molar-refractivity contribution >= 4 is 29.2 Å². The minimum Gasteiger partial charge on any atom is -0.481 e. The Morgan fingerprint density at radius 2 is 1.72 bits per heavy atom. The third-order valence-electron chi connectivity index (χ3n) is 4.19. The fourth-order valence-corrected chi connectivity index (χ4v) is 3.02. The molecule has 0 radical (unpaired) electrons. The van der Waals surface area contributed by atoms with E-state index in [-0.39, 0.29) is 12.0 Å². The van der Waals surface area contributed by atoms with E-state index in [1.54, 1.807) is 66.7 Å². The van der Waals surface area contributed by atoms with Gasteiger partial charge >= 0.3 is 5.97 Å². The molecule has 2 aromatic heterocycles. The van der Waals surface area contributed by atoms with E-state index in [1.165, 1.54) is 17.2 Å². The second kappa shape index (κ2) is 8.12. The highest BCUT2D eigenvalue weighted by Crippen LogP contribution is 2.29. The van der Waals surface area contributed by atoms with Crippen LogP contribution in [-0.4, -0.2) is 17.3 Å². The summed E-state index contributed by atoms with van der Waals surface area (Å²) in [7, 11) is 0. The van der Waals surface area contributed by atoms with E-state index in [9.17, 15) is 9.59 Å². The van der Waals surface area contributed by atoms with E-state index in [4.69, 9.17) is 26.2 Å². The highest BCUT2D eigenvalue weighted by molar-refractivity contribution is 7.71. The van der Waals surface area contributed by atoms with Gasteiger partial charge in [-0.3, -0.25) is 4.79 Å². The van der Waals surface area contributed by atoms with Gasteiger partial charge in [-0.2, -0.15) is 4.73 Å². The average molecular weight is 405 g/mol. The minimum absolute atomic E-state index is 0.180. The van der Waals surface area contributed by atoms with Crippen molar-refractivity contribution < 1.29 is 18.8 Å². The van der Waals surface area contributed by atoms with Crippen LogP contribution in [-0.2, 0) is 4.79 Å². The summed E-state index contributed by atoms with van der Waals surface area (Å²) in [4.78, 5) is 30.2. The molecule has 2 heterocycles. The van der Waals surface area contributed by atoms with E-state index in [0.29, 0.717) is 32.5 Å². The molecule has 0 aliphatic carbocycles. The second-order valence-corrected chi connectivity index (χ2v) is 6.51. The maximum Gasteiger partial charge on any atom is 0.369 e. The summed E-state index contributed by atoms with van der Waals surface area (Å²) in [5.41, 5.74) is 1.19. The van der Waals surface area contributed by atoms with Crippen LogP contribution in [0.25, 0.3) is 22.1 Å². The average Bonchev–Trinajstić information content (AvgIpc) is 2.75. The Balaban J connectivity index is 1.59. The van der Waals surface area contributed by atoms with Gasteiger partial charge in [-0.1, -0.05) is 48.6 Å². The monoisotopic (exact) mass is 405 g/mol. The molecule has 2 aromatic carbocycles. The van der Waals surface area contributed by atoms with Gasteiger partial charge in [0, 0.05) is 11.8 Å². The van der Waals surface area contributed by atoms with Crippen LogP contribution >= 0.6 is 12.2 Å². The molecular formula is C22H15NO5S. The zero-order valence-corrected chi connectivity index (χ0v) is 15.9. The highest BCUT2D eigenvalue weighted by Gasteiger charge is 2.14. The molecule has 0 bridgehead atoms. The quantitative estimate of drug-likeness (QED) is 0.467. The first-order valence-electron chi connectivity index (χ1n) is 8.75. The summed E-state index contributed by atoms with van der Waals surface area (Å²) in [5.74, 6) is -0.267. The Kier molecular flexibility index (Phi) is 5.22. The molecule has 0 amide bonds. The topological polar surface area (TPSA) is 70.7 Å². The number of pyridine rings is 1. The van der Waals surface area contributed by atoms with Crippen LogP contribution in [0.1, 0.15) is 0 Å². The van der Waals surface area contributed by atoms with Gasteiger partial charge in [-0.25, -0.2) is 4.79 Å². The van der Waals surface area contributed by atoms with E-state index < -0.39 is 5.97 Å². The molecule has 6 nitrogen and oxygen atoms in total. The zero-order chi connectivity index (χ0) is 20.2. The van der Waals surface area contributed by atoms with Crippen molar-refractivity contribution in [2.45, 2.75) is 0 Å². The number of carbonyl (C=O) groups excluding carboxylic acids is 1. The van der Waals surface area contributed by atoms with E-state index in [0.717, 1.165) is 0 Å². The molecule has 7 heteroatoms. The van der Waals surface area contributed by atoms with Gasteiger partial charge in [0.05, 0.1) is 10.9 Å². The number of benzene rings is 2. The molecule has 4 aromatic rings. The van der Waals surface area contributed by atoms with Gasteiger partial charge in [-0.05, 0) is 30.3 Å². The van der Waals surface area contributed by atoms with E-state index in [2.05, 4.69) is 0 Å². The number of rotatable bonds is 5. The van der Waals surface area contributed by atoms with Crippen molar-refractivity contribution in [3.63, 3.8) is 0 Å². The predicted octanol–water partition coefficient (Wildman–Crippen LogP) is 4.03. The lowest BCUT2D eigenvalue weighted by Crippen LogP contribution is -2.25. The predicted molar refractivity (Wildman–Crippen MR) is 110 cm³/mol. The first-order valence-corrected chi connectivity index (χ1v) is 9.16. The molecular weight excluding hydrogens is 390 g/mol. The van der Waals surface area contributed by atoms with Gasteiger partial charge in [0.15, 0.2) is 6.61 Å². The number of nitrogens with zero attached hydrogens (tertiary/aromatic N) is 1. The fourth-order valence-electron chi connectivity index (χ4n) is 2.84. The summed E-state index contributed by atoms with van der Waals surface area (Å²) in [6, 6.07) is 19.0. The largest absolute Gasteiger partial charge is 0.481 e. The van der Waals surface area contributed by atoms with E-state index in [1.807, 2.05) is 0 Å². The van der Waals surface area contributed by atoms with Crippen LogP contribution in [0.3, 0.4) is 0 Å². The Hall–Kier alpha value is -3.71. The van der Waals surface area contributed by atoms with Gasteiger partial charge < -0.3 is 14.0 Å². The van der Waals surface area contributed by atoms with Gasteiger partial charge in [0.2, 0.25) is 5.43 Å². The van der Waals surface area contributed by atoms with Crippen LogP contribution in [0.5, 0.6) is 5.75 Å². The smallest absolute Gasteiger partial charge is 0.369 e. The van der Waals surface area contributed by atoms with E-state index >= 15 is 0 Å². The van der Waals surface area contributed by atoms with Crippen molar-refractivity contribution in [2.75, 3.05) is 6.61 Å². The molecule has 0 aliphatic rings. The molecule has 0 spiro atoms. The van der Waals surface area contributed by atoms with Crippen molar-refractivity contribution in [1.29, 1.82) is 0 Å². The Bertz CT molecular complexity index is 1310. The van der Waals surface area contributed by atoms with Crippen LogP contribution < -0.4 is 15.0 Å². The lowest BCUT2D eigenvalue weighted by atomic mass is 10.0. The molecule has 0 atom stereocenters. The summed E-state index contributed by atoms with van der Waals surface area (Å²) >= 11 is 5.09. The molecule has 0 unspecified atom stereocenters. The Labute approximate surface area is 170 Å². The number of aromatic nitrogens is 1. The second-order valence-electron chi connectivity index (χ2n) is 6.09. The molecule has 144 valence electrons. The summed E-state index contributed by atoms with van der Waals surface area (Å²) in [6.07, 6.45) is 2.93. The van der Waals surface area contributed by atoms with Gasteiger partial charge in [0.25, 0.3) is 0 Å². The SMILES string of the molecule is O=C(COc1ccccc1-c1coc2ccccc2c1=O)On1ccccc1=S. The van der Waals surface area contributed by atoms with Crippen LogP contribution in [0.4, 0.5) is 0 Å². The van der Waals surface area contributed by atoms with Crippen molar-refractivity contribution in [2.24, 2.45) is 0 Å².